The molecule has 2 aromatic carbocycles. The molecule has 2 aliphatic rings. The minimum absolute atomic E-state index is 0.0855. The van der Waals surface area contributed by atoms with Crippen LogP contribution >= 0.6 is 0 Å². The first kappa shape index (κ1) is 15.7. The number of aromatic nitrogens is 1. The van der Waals surface area contributed by atoms with E-state index in [1.54, 1.807) is 0 Å². The number of nitrogens with one attached hydrogen (secondary N) is 4. The fraction of sp³-hybridized carbons (Fsp3) is 0. The molecule has 0 saturated heterocycles. The zero-order valence-corrected chi connectivity index (χ0v) is 13.0. The molecule has 6 heterocycles. The zero-order chi connectivity index (χ0) is 18.4. The van der Waals surface area contributed by atoms with E-state index in [1.165, 1.54) is 36.4 Å². The van der Waals surface area contributed by atoms with Gasteiger partial charge in [0.25, 0.3) is 22.9 Å². The smallest absolute Gasteiger partial charge is 0.267 e. The van der Waals surface area contributed by atoms with E-state index in [1.807, 2.05) is 0 Å². The molecule has 9 nitrogen and oxygen atoms in total. The second kappa shape index (κ2) is 5.60. The first-order valence-electron chi connectivity index (χ1n) is 7.50. The summed E-state index contributed by atoms with van der Waals surface area (Å²) < 4.78 is 0. The topological polar surface area (TPSA) is 137 Å². The third kappa shape index (κ3) is 2.34. The van der Waals surface area contributed by atoms with Crippen LogP contribution in [0, 0.1) is 0 Å². The molecule has 0 unspecified atom stereocenters. The van der Waals surface area contributed by atoms with Gasteiger partial charge >= 0.3 is 0 Å². The van der Waals surface area contributed by atoms with Crippen molar-refractivity contribution in [2.75, 3.05) is 0 Å². The van der Waals surface area contributed by atoms with Gasteiger partial charge in [-0.1, -0.05) is 12.1 Å². The quantitative estimate of drug-likeness (QED) is 0.423. The molecule has 128 valence electrons. The number of carbonyl (C=O) groups excluding carboxylic acids is 2. The lowest BCUT2D eigenvalue weighted by Gasteiger charge is -2.11. The molecule has 0 aliphatic carbocycles. The highest BCUT2D eigenvalue weighted by Gasteiger charge is 2.16. The molecule has 6 bridgehead atoms. The van der Waals surface area contributed by atoms with E-state index >= 15 is 0 Å². The lowest BCUT2D eigenvalue weighted by molar-refractivity contribution is 0.0876. The van der Waals surface area contributed by atoms with Crippen LogP contribution in [-0.4, -0.2) is 16.8 Å². The van der Waals surface area contributed by atoms with Gasteiger partial charge in [-0.25, -0.2) is 0 Å². The normalized spacial score (nSPS) is 13.7. The van der Waals surface area contributed by atoms with Crippen LogP contribution in [0.5, 0.6) is 0 Å². The van der Waals surface area contributed by atoms with Crippen LogP contribution in [0.25, 0.3) is 21.5 Å². The van der Waals surface area contributed by atoms with Crippen LogP contribution < -0.4 is 32.9 Å². The van der Waals surface area contributed by atoms with Crippen molar-refractivity contribution in [1.82, 2.24) is 21.4 Å². The first-order chi connectivity index (χ1) is 12.5. The molecule has 2 aliphatic heterocycles. The molecule has 0 spiro atoms. The Morgan fingerprint density at radius 1 is 0.615 bits per heavy atom. The zero-order valence-electron chi connectivity index (χ0n) is 13.0. The van der Waals surface area contributed by atoms with Gasteiger partial charge < -0.3 is 0 Å². The van der Waals surface area contributed by atoms with Crippen LogP contribution in [0.1, 0.15) is 20.7 Å². The molecule has 2 amide bonds. The highest BCUT2D eigenvalue weighted by molar-refractivity contribution is 6.05. The molecule has 0 radical (unpaired) electrons. The standard InChI is InChI=1S/C17H10N4O5/c22-13-7-1-3-9-11(5-7)16(25)19-21-20-17(26)12-6-8(13)2-4-10(12)15(24)18-14(9)23/h1-6,21H,(H,19,25)(H,20,26)(H,18,23,24). The Morgan fingerprint density at radius 2 is 1.08 bits per heavy atom. The number of hydrazine groups is 2. The van der Waals surface area contributed by atoms with Gasteiger partial charge in [0.05, 0.1) is 21.9 Å². The Morgan fingerprint density at radius 3 is 1.54 bits per heavy atom. The third-order valence-electron chi connectivity index (χ3n) is 4.12. The number of hydrogen-bond acceptors (Lipinski definition) is 6. The molecule has 6 aromatic rings. The Hall–Kier alpha value is -3.85. The van der Waals surface area contributed by atoms with Gasteiger partial charge in [-0.2, -0.15) is 0 Å². The Labute approximate surface area is 143 Å². The molecule has 26 heavy (non-hydrogen) atoms. The van der Waals surface area contributed by atoms with Crippen LogP contribution in [0.4, 0.5) is 0 Å². The van der Waals surface area contributed by atoms with E-state index in [4.69, 9.17) is 0 Å². The summed E-state index contributed by atoms with van der Waals surface area (Å²) in [7, 11) is 0. The monoisotopic (exact) mass is 350 g/mol. The summed E-state index contributed by atoms with van der Waals surface area (Å²) in [6.45, 7) is 0. The molecule has 0 fully saturated rings. The Bertz CT molecular complexity index is 1220. The van der Waals surface area contributed by atoms with Crippen LogP contribution in [0.3, 0.4) is 0 Å². The predicted molar refractivity (Wildman–Crippen MR) is 92.7 cm³/mol. The Balaban J connectivity index is 2.40. The van der Waals surface area contributed by atoms with E-state index in [-0.39, 0.29) is 32.7 Å². The largest absolute Gasteiger partial charge is 0.289 e. The molecule has 4 N–H and O–H groups in total. The van der Waals surface area contributed by atoms with Gasteiger partial charge in [-0.15, -0.1) is 5.53 Å². The van der Waals surface area contributed by atoms with Crippen molar-refractivity contribution in [2.24, 2.45) is 0 Å². The van der Waals surface area contributed by atoms with E-state index < -0.39 is 28.4 Å². The van der Waals surface area contributed by atoms with Crippen molar-refractivity contribution in [1.29, 1.82) is 0 Å². The number of amides is 2. The summed E-state index contributed by atoms with van der Waals surface area (Å²) in [5.41, 5.74) is 4.32. The second-order valence-electron chi connectivity index (χ2n) is 5.67. The van der Waals surface area contributed by atoms with Crippen molar-refractivity contribution in [3.8, 4) is 0 Å². The number of H-pyrrole nitrogens is 1. The summed E-state index contributed by atoms with van der Waals surface area (Å²) in [6, 6.07) is 7.88. The summed E-state index contributed by atoms with van der Waals surface area (Å²) in [5.74, 6) is -1.52. The van der Waals surface area contributed by atoms with Crippen molar-refractivity contribution >= 4 is 33.4 Å². The average Bonchev–Trinajstić information content (AvgIpc) is 2.64. The molecular weight excluding hydrogens is 340 g/mol. The lowest BCUT2D eigenvalue weighted by atomic mass is 10.0. The fourth-order valence-corrected chi connectivity index (χ4v) is 2.83. The number of hydrogen-bond donors (Lipinski definition) is 4. The van der Waals surface area contributed by atoms with E-state index in [9.17, 15) is 24.0 Å². The highest BCUT2D eigenvalue weighted by atomic mass is 16.2. The third-order valence-corrected chi connectivity index (χ3v) is 4.12. The van der Waals surface area contributed by atoms with Crippen molar-refractivity contribution in [3.63, 3.8) is 0 Å². The Kier molecular flexibility index (Phi) is 3.38. The summed E-state index contributed by atoms with van der Waals surface area (Å²) in [4.78, 5) is 64.5. The van der Waals surface area contributed by atoms with Crippen LogP contribution in [-0.2, 0) is 0 Å². The van der Waals surface area contributed by atoms with Gasteiger partial charge in [0.1, 0.15) is 0 Å². The van der Waals surface area contributed by atoms with Gasteiger partial charge in [-0.3, -0.25) is 39.8 Å². The maximum atomic E-state index is 12.7. The van der Waals surface area contributed by atoms with Gasteiger partial charge in [0.15, 0.2) is 5.43 Å². The second-order valence-corrected chi connectivity index (χ2v) is 5.67. The summed E-state index contributed by atoms with van der Waals surface area (Å²) in [6.07, 6.45) is 0. The van der Waals surface area contributed by atoms with Crippen molar-refractivity contribution in [2.45, 2.75) is 0 Å². The number of fused-ring (bicyclic) bond motifs is 4. The number of carbonyl (C=O) groups is 2. The SMILES string of the molecule is O=C1NNNC(=O)c2cc3ccc2c(=O)[nH]c(=O)c2ccc(cc21)c3=O. The van der Waals surface area contributed by atoms with Gasteiger partial charge in [0.2, 0.25) is 0 Å². The minimum atomic E-state index is -0.823. The number of benzene rings is 2. The molecule has 4 aromatic heterocycles. The number of rotatable bonds is 0. The van der Waals surface area contributed by atoms with Crippen LogP contribution in [0.2, 0.25) is 0 Å². The average molecular weight is 350 g/mol. The maximum Gasteiger partial charge on any atom is 0.267 e. The van der Waals surface area contributed by atoms with E-state index in [0.29, 0.717) is 0 Å². The molecule has 0 atom stereocenters. The maximum absolute atomic E-state index is 12.7. The highest BCUT2D eigenvalue weighted by Crippen LogP contribution is 2.13. The van der Waals surface area contributed by atoms with E-state index in [2.05, 4.69) is 21.4 Å². The molecular formula is C17H10N4O5. The van der Waals surface area contributed by atoms with Crippen LogP contribution in [0.15, 0.2) is 50.8 Å². The first-order valence-corrected chi connectivity index (χ1v) is 7.50. The summed E-state index contributed by atoms with van der Waals surface area (Å²) in [5, 5.41) is 0.159. The minimum Gasteiger partial charge on any atom is -0.289 e. The van der Waals surface area contributed by atoms with Gasteiger partial charge in [0, 0.05) is 10.8 Å². The summed E-state index contributed by atoms with van der Waals surface area (Å²) >= 11 is 0. The molecule has 0 saturated carbocycles. The molecule has 8 rings (SSSR count). The molecule has 9 heteroatoms. The van der Waals surface area contributed by atoms with Crippen molar-refractivity contribution < 1.29 is 9.59 Å². The van der Waals surface area contributed by atoms with E-state index in [0.717, 1.165) is 0 Å². The van der Waals surface area contributed by atoms with Gasteiger partial charge in [-0.05, 0) is 24.3 Å². The number of aromatic amines is 1. The predicted octanol–water partition coefficient (Wildman–Crippen LogP) is -0.705. The van der Waals surface area contributed by atoms with Crippen molar-refractivity contribution in [3.05, 3.63) is 78.5 Å². The lowest BCUT2D eigenvalue weighted by Crippen LogP contribution is -2.49. The fourth-order valence-electron chi connectivity index (χ4n) is 2.83.